The molecule has 102 valence electrons. The van der Waals surface area contributed by atoms with Crippen LogP contribution in [0.3, 0.4) is 0 Å². The Balaban J connectivity index is 3.14. The Kier molecular flexibility index (Phi) is 5.51. The summed E-state index contributed by atoms with van der Waals surface area (Å²) in [7, 11) is -3.67. The summed E-state index contributed by atoms with van der Waals surface area (Å²) >= 11 is 3.17. The van der Waals surface area contributed by atoms with Crippen molar-refractivity contribution < 1.29 is 13.5 Å². The molecule has 0 aliphatic heterocycles. The van der Waals surface area contributed by atoms with E-state index in [0.29, 0.717) is 17.4 Å². The highest BCUT2D eigenvalue weighted by Gasteiger charge is 2.25. The summed E-state index contributed by atoms with van der Waals surface area (Å²) in [4.78, 5) is 3.80. The molecule has 0 saturated heterocycles. The van der Waals surface area contributed by atoms with Gasteiger partial charge >= 0.3 is 0 Å². The number of sulfonamides is 1. The van der Waals surface area contributed by atoms with Gasteiger partial charge in [0.25, 0.3) is 0 Å². The van der Waals surface area contributed by atoms with Crippen LogP contribution in [0.2, 0.25) is 0 Å². The molecule has 0 atom stereocenters. The summed E-state index contributed by atoms with van der Waals surface area (Å²) in [5, 5.41) is 8.78. The topological polar surface area (TPSA) is 96.5 Å². The molecule has 0 saturated carbocycles. The first kappa shape index (κ1) is 15.4. The van der Waals surface area contributed by atoms with Gasteiger partial charge in [-0.05, 0) is 28.4 Å². The molecule has 0 aromatic carbocycles. The van der Waals surface area contributed by atoms with Crippen LogP contribution in [-0.4, -0.2) is 42.5 Å². The van der Waals surface area contributed by atoms with Crippen molar-refractivity contribution in [1.29, 1.82) is 0 Å². The van der Waals surface area contributed by atoms with E-state index in [1.54, 1.807) is 6.92 Å². The number of nitrogens with two attached hydrogens (primary N) is 1. The van der Waals surface area contributed by atoms with Gasteiger partial charge in [0.2, 0.25) is 10.0 Å². The zero-order valence-corrected chi connectivity index (χ0v) is 12.4. The van der Waals surface area contributed by atoms with Crippen molar-refractivity contribution in [2.45, 2.75) is 18.2 Å². The second-order valence-electron chi connectivity index (χ2n) is 3.61. The molecule has 0 aliphatic carbocycles. The van der Waals surface area contributed by atoms with Crippen LogP contribution in [-0.2, 0) is 10.0 Å². The third-order valence-electron chi connectivity index (χ3n) is 2.38. The van der Waals surface area contributed by atoms with E-state index in [-0.39, 0.29) is 23.9 Å². The van der Waals surface area contributed by atoms with E-state index in [0.717, 1.165) is 0 Å². The molecule has 0 radical (unpaired) electrons. The van der Waals surface area contributed by atoms with Crippen molar-refractivity contribution in [1.82, 2.24) is 9.29 Å². The minimum Gasteiger partial charge on any atom is -0.396 e. The normalized spacial score (nSPS) is 12.0. The summed E-state index contributed by atoms with van der Waals surface area (Å²) in [5.74, 6) is -0.0272. The number of pyridine rings is 1. The molecule has 18 heavy (non-hydrogen) atoms. The molecule has 3 N–H and O–H groups in total. The van der Waals surface area contributed by atoms with Gasteiger partial charge in [-0.2, -0.15) is 4.31 Å². The van der Waals surface area contributed by atoms with Crippen molar-refractivity contribution in [2.75, 3.05) is 25.4 Å². The molecule has 8 heteroatoms. The number of nitrogen functional groups attached to an aromatic ring is 1. The van der Waals surface area contributed by atoms with Gasteiger partial charge < -0.3 is 10.8 Å². The third-order valence-corrected chi connectivity index (χ3v) is 4.82. The molecule has 0 amide bonds. The van der Waals surface area contributed by atoms with E-state index in [1.807, 2.05) is 0 Å². The Morgan fingerprint density at radius 1 is 1.56 bits per heavy atom. The van der Waals surface area contributed by atoms with E-state index in [2.05, 4.69) is 20.9 Å². The summed E-state index contributed by atoms with van der Waals surface area (Å²) in [5.41, 5.74) is 5.61. The second-order valence-corrected chi connectivity index (χ2v) is 6.43. The molecule has 0 spiro atoms. The number of hydrogen-bond acceptors (Lipinski definition) is 5. The lowest BCUT2D eigenvalue weighted by atomic mass is 10.4. The maximum atomic E-state index is 12.3. The summed E-state index contributed by atoms with van der Waals surface area (Å²) < 4.78 is 26.5. The molecule has 0 aliphatic rings. The fourth-order valence-corrected chi connectivity index (χ4v) is 3.54. The lowest BCUT2D eigenvalue weighted by Crippen LogP contribution is -2.33. The van der Waals surface area contributed by atoms with E-state index < -0.39 is 10.0 Å². The Morgan fingerprint density at radius 2 is 2.22 bits per heavy atom. The number of hydrogen-bond donors (Lipinski definition) is 2. The van der Waals surface area contributed by atoms with E-state index in [9.17, 15) is 8.42 Å². The number of aliphatic hydroxyl groups excluding tert-OH is 1. The minimum atomic E-state index is -3.67. The van der Waals surface area contributed by atoms with Gasteiger partial charge in [-0.3, -0.25) is 0 Å². The summed E-state index contributed by atoms with van der Waals surface area (Å²) in [6.07, 6.45) is 1.83. The predicted molar refractivity (Wildman–Crippen MR) is 72.5 cm³/mol. The molecule has 0 bridgehead atoms. The number of aromatic nitrogens is 1. The first-order valence-electron chi connectivity index (χ1n) is 5.45. The van der Waals surface area contributed by atoms with E-state index in [1.165, 1.54) is 16.6 Å². The van der Waals surface area contributed by atoms with Crippen molar-refractivity contribution >= 4 is 31.8 Å². The van der Waals surface area contributed by atoms with Crippen LogP contribution in [0.1, 0.15) is 13.3 Å². The molecule has 1 aromatic rings. The standard InChI is InChI=1S/C10H16BrN3O3S/c1-2-14(4-3-5-15)18(16,17)9-6-8(11)7-13-10(9)12/h6-7,15H,2-5H2,1H3,(H2,12,13). The van der Waals surface area contributed by atoms with Gasteiger partial charge in [0.05, 0.1) is 0 Å². The smallest absolute Gasteiger partial charge is 0.246 e. The lowest BCUT2D eigenvalue weighted by Gasteiger charge is -2.20. The number of nitrogens with zero attached hydrogens (tertiary/aromatic N) is 2. The first-order chi connectivity index (χ1) is 8.43. The maximum Gasteiger partial charge on any atom is 0.246 e. The molecule has 0 fully saturated rings. The fraction of sp³-hybridized carbons (Fsp3) is 0.500. The largest absolute Gasteiger partial charge is 0.396 e. The Hall–Kier alpha value is -0.700. The zero-order valence-electron chi connectivity index (χ0n) is 10.0. The van der Waals surface area contributed by atoms with Crippen LogP contribution >= 0.6 is 15.9 Å². The first-order valence-corrected chi connectivity index (χ1v) is 7.68. The van der Waals surface area contributed by atoms with Gasteiger partial charge in [0.1, 0.15) is 10.7 Å². The highest BCUT2D eigenvalue weighted by atomic mass is 79.9. The molecule has 1 rings (SSSR count). The molecule has 1 aromatic heterocycles. The lowest BCUT2D eigenvalue weighted by molar-refractivity contribution is 0.271. The molecule has 0 unspecified atom stereocenters. The third kappa shape index (κ3) is 3.41. The van der Waals surface area contributed by atoms with Gasteiger partial charge in [-0.25, -0.2) is 13.4 Å². The van der Waals surface area contributed by atoms with Crippen LogP contribution in [0.5, 0.6) is 0 Å². The minimum absolute atomic E-state index is 0.0170. The maximum absolute atomic E-state index is 12.3. The van der Waals surface area contributed by atoms with Crippen molar-refractivity contribution in [2.24, 2.45) is 0 Å². The summed E-state index contributed by atoms with van der Waals surface area (Å²) in [6, 6.07) is 1.43. The molecular formula is C10H16BrN3O3S. The number of anilines is 1. The Bertz CT molecular complexity index is 507. The van der Waals surface area contributed by atoms with Crippen LogP contribution in [0.25, 0.3) is 0 Å². The van der Waals surface area contributed by atoms with Crippen LogP contribution in [0.4, 0.5) is 5.82 Å². The highest BCUT2D eigenvalue weighted by molar-refractivity contribution is 9.10. The van der Waals surface area contributed by atoms with Crippen molar-refractivity contribution in [3.63, 3.8) is 0 Å². The second kappa shape index (κ2) is 6.46. The monoisotopic (exact) mass is 337 g/mol. The quantitative estimate of drug-likeness (QED) is 0.800. The number of halogens is 1. The van der Waals surface area contributed by atoms with Gasteiger partial charge in [-0.15, -0.1) is 0 Å². The van der Waals surface area contributed by atoms with Gasteiger partial charge in [0.15, 0.2) is 0 Å². The molecular weight excluding hydrogens is 322 g/mol. The predicted octanol–water partition coefficient (Wildman–Crippen LogP) is 0.819. The zero-order chi connectivity index (χ0) is 13.8. The average Bonchev–Trinajstić information content (AvgIpc) is 2.33. The average molecular weight is 338 g/mol. The fourth-order valence-electron chi connectivity index (χ4n) is 1.47. The molecule has 6 nitrogen and oxygen atoms in total. The van der Waals surface area contributed by atoms with E-state index >= 15 is 0 Å². The summed E-state index contributed by atoms with van der Waals surface area (Å²) in [6.45, 7) is 2.24. The number of aliphatic hydroxyl groups is 1. The molecule has 1 heterocycles. The van der Waals surface area contributed by atoms with E-state index in [4.69, 9.17) is 10.8 Å². The van der Waals surface area contributed by atoms with Gasteiger partial charge in [-0.1, -0.05) is 6.92 Å². The highest BCUT2D eigenvalue weighted by Crippen LogP contribution is 2.24. The van der Waals surface area contributed by atoms with Crippen molar-refractivity contribution in [3.8, 4) is 0 Å². The van der Waals surface area contributed by atoms with Crippen LogP contribution < -0.4 is 5.73 Å². The SMILES string of the molecule is CCN(CCCO)S(=O)(=O)c1cc(Br)cnc1N. The number of rotatable bonds is 6. The Labute approximate surface area is 115 Å². The van der Waals surface area contributed by atoms with Crippen LogP contribution in [0.15, 0.2) is 21.6 Å². The Morgan fingerprint density at radius 3 is 2.78 bits per heavy atom. The van der Waals surface area contributed by atoms with Gasteiger partial charge in [0, 0.05) is 30.4 Å². The van der Waals surface area contributed by atoms with Crippen molar-refractivity contribution in [3.05, 3.63) is 16.7 Å². The van der Waals surface area contributed by atoms with Crippen LogP contribution in [0, 0.1) is 0 Å².